The first-order valence-electron chi connectivity index (χ1n) is 6.81. The van der Waals surface area contributed by atoms with E-state index in [1.807, 2.05) is 18.2 Å². The summed E-state index contributed by atoms with van der Waals surface area (Å²) in [5.41, 5.74) is 0. The van der Waals surface area contributed by atoms with Crippen LogP contribution in [0.15, 0.2) is 55.1 Å². The fourth-order valence-corrected chi connectivity index (χ4v) is 1.96. The Kier molecular flexibility index (Phi) is 12.0. The van der Waals surface area contributed by atoms with E-state index in [4.69, 9.17) is 4.74 Å². The van der Waals surface area contributed by atoms with Crippen LogP contribution in [0.3, 0.4) is 0 Å². The molecule has 22 heavy (non-hydrogen) atoms. The number of fused-ring (bicyclic) bond motifs is 1. The first kappa shape index (κ1) is 21.7. The molecule has 108 valence electrons. The number of carbonyl (C=O) groups excluding carboxylic acids is 1. The van der Waals surface area contributed by atoms with Crippen molar-refractivity contribution in [3.05, 3.63) is 55.1 Å². The number of hydrogen-bond acceptors (Lipinski definition) is 2. The van der Waals surface area contributed by atoms with Crippen molar-refractivity contribution in [1.82, 2.24) is 5.32 Å². The van der Waals surface area contributed by atoms with Gasteiger partial charge in [-0.2, -0.15) is 0 Å². The van der Waals surface area contributed by atoms with Gasteiger partial charge in [-0.1, -0.05) is 36.9 Å². The van der Waals surface area contributed by atoms with Gasteiger partial charge in [-0.05, 0) is 41.8 Å². The quantitative estimate of drug-likeness (QED) is 0.482. The molecule has 0 spiro atoms. The summed E-state index contributed by atoms with van der Waals surface area (Å²) in [5.74, 6) is 0.763. The first-order valence-corrected chi connectivity index (χ1v) is 6.81. The predicted molar refractivity (Wildman–Crippen MR) is 96.2 cm³/mol. The van der Waals surface area contributed by atoms with Crippen LogP contribution in [-0.4, -0.2) is 78.2 Å². The van der Waals surface area contributed by atoms with Crippen molar-refractivity contribution in [2.75, 3.05) is 13.2 Å². The molecule has 2 aromatic carbocycles. The fourth-order valence-electron chi connectivity index (χ4n) is 1.96. The third kappa shape index (κ3) is 7.32. The van der Waals surface area contributed by atoms with Crippen LogP contribution >= 0.6 is 0 Å². The summed E-state index contributed by atoms with van der Waals surface area (Å²) in [7, 11) is 0. The van der Waals surface area contributed by atoms with Gasteiger partial charge in [0.1, 0.15) is 5.75 Å². The van der Waals surface area contributed by atoms with E-state index in [0.717, 1.165) is 18.6 Å². The number of carbonyl (C=O) groups is 1. The summed E-state index contributed by atoms with van der Waals surface area (Å²) in [6.07, 6.45) is 3.09. The Morgan fingerprint density at radius 3 is 2.55 bits per heavy atom. The molecule has 2 rings (SSSR count). The van der Waals surface area contributed by atoms with Crippen LogP contribution in [0.4, 0.5) is 0 Å². The van der Waals surface area contributed by atoms with Gasteiger partial charge >= 0.3 is 59.1 Å². The van der Waals surface area contributed by atoms with E-state index in [0.29, 0.717) is 13.2 Å². The number of ether oxygens (including phenoxy) is 1. The topological polar surface area (TPSA) is 38.3 Å². The first-order chi connectivity index (χ1) is 9.79. The molecule has 0 atom stereocenters. The number of rotatable bonds is 7. The molecule has 0 aromatic heterocycles. The molecule has 0 saturated carbocycles. The van der Waals surface area contributed by atoms with Crippen LogP contribution in [0.5, 0.6) is 5.75 Å². The Morgan fingerprint density at radius 1 is 1.09 bits per heavy atom. The second-order valence-corrected chi connectivity index (χ2v) is 4.56. The average Bonchev–Trinajstić information content (AvgIpc) is 2.50. The van der Waals surface area contributed by atoms with Gasteiger partial charge in [-0.15, -0.1) is 0 Å². The van der Waals surface area contributed by atoms with E-state index in [-0.39, 0.29) is 65.0 Å². The Hall–Kier alpha value is -0.290. The molecule has 2 aromatic rings. The van der Waals surface area contributed by atoms with Crippen LogP contribution in [0.25, 0.3) is 10.8 Å². The standard InChI is InChI=1S/C17H19NO2.2Na.2H/c1-2-17(19)18-11-5-6-12-20-16-10-9-14-7-3-4-8-15(14)13-16;;;;/h2-4,7-10,13H,1,5-6,11-12H2,(H,18,19);;;;. The molecule has 1 amide bonds. The molecule has 5 heteroatoms. The molecule has 0 heterocycles. The van der Waals surface area contributed by atoms with Gasteiger partial charge in [0.15, 0.2) is 0 Å². The van der Waals surface area contributed by atoms with Gasteiger partial charge in [0.05, 0.1) is 6.61 Å². The zero-order valence-corrected chi connectivity index (χ0v) is 11.5. The van der Waals surface area contributed by atoms with Crippen molar-refractivity contribution in [2.45, 2.75) is 12.8 Å². The third-order valence-electron chi connectivity index (χ3n) is 3.05. The molecule has 3 nitrogen and oxygen atoms in total. The second kappa shape index (κ2) is 12.2. The van der Waals surface area contributed by atoms with Gasteiger partial charge in [0.2, 0.25) is 5.91 Å². The van der Waals surface area contributed by atoms with Crippen molar-refractivity contribution in [3.8, 4) is 5.75 Å². The fraction of sp³-hybridized carbons (Fsp3) is 0.235. The molecule has 0 saturated heterocycles. The number of benzene rings is 2. The Labute approximate surface area is 176 Å². The molecule has 0 bridgehead atoms. The predicted octanol–water partition coefficient (Wildman–Crippen LogP) is 2.00. The Morgan fingerprint density at radius 2 is 1.82 bits per heavy atom. The van der Waals surface area contributed by atoms with Crippen molar-refractivity contribution < 1.29 is 9.53 Å². The molecular formula is C17H21NNa2O2. The van der Waals surface area contributed by atoms with Crippen molar-refractivity contribution in [3.63, 3.8) is 0 Å². The molecule has 0 aliphatic rings. The van der Waals surface area contributed by atoms with E-state index in [1.54, 1.807) is 0 Å². The summed E-state index contributed by atoms with van der Waals surface area (Å²) in [4.78, 5) is 10.9. The van der Waals surface area contributed by atoms with Gasteiger partial charge in [0, 0.05) is 6.54 Å². The summed E-state index contributed by atoms with van der Waals surface area (Å²) < 4.78 is 5.71. The zero-order chi connectivity index (χ0) is 14.2. The normalized spacial score (nSPS) is 9.27. The molecule has 0 unspecified atom stereocenters. The zero-order valence-electron chi connectivity index (χ0n) is 11.5. The van der Waals surface area contributed by atoms with E-state index in [2.05, 4.69) is 36.2 Å². The molecule has 0 aliphatic heterocycles. The van der Waals surface area contributed by atoms with Crippen LogP contribution in [0.2, 0.25) is 0 Å². The number of unbranched alkanes of at least 4 members (excludes halogenated alkanes) is 1. The average molecular weight is 317 g/mol. The molecule has 0 radical (unpaired) electrons. The van der Waals surface area contributed by atoms with Gasteiger partial charge < -0.3 is 10.1 Å². The van der Waals surface area contributed by atoms with Gasteiger partial charge in [0.25, 0.3) is 0 Å². The number of hydrogen-bond donors (Lipinski definition) is 1. The monoisotopic (exact) mass is 317 g/mol. The molecule has 1 N–H and O–H groups in total. The van der Waals surface area contributed by atoms with Gasteiger partial charge in [-0.3, -0.25) is 4.79 Å². The number of nitrogens with one attached hydrogen (secondary N) is 1. The third-order valence-corrected chi connectivity index (χ3v) is 3.05. The van der Waals surface area contributed by atoms with Crippen molar-refractivity contribution in [2.24, 2.45) is 0 Å². The van der Waals surface area contributed by atoms with E-state index in [9.17, 15) is 4.79 Å². The summed E-state index contributed by atoms with van der Waals surface area (Å²) in [6.45, 7) is 4.72. The summed E-state index contributed by atoms with van der Waals surface area (Å²) in [5, 5.41) is 5.14. The molecular weight excluding hydrogens is 296 g/mol. The van der Waals surface area contributed by atoms with E-state index >= 15 is 0 Å². The van der Waals surface area contributed by atoms with Gasteiger partial charge in [-0.25, -0.2) is 0 Å². The minimum absolute atomic E-state index is 0. The van der Waals surface area contributed by atoms with E-state index < -0.39 is 0 Å². The minimum atomic E-state index is -0.125. The van der Waals surface area contributed by atoms with Crippen molar-refractivity contribution >= 4 is 75.8 Å². The second-order valence-electron chi connectivity index (χ2n) is 4.56. The van der Waals surface area contributed by atoms with Crippen LogP contribution in [0.1, 0.15) is 12.8 Å². The summed E-state index contributed by atoms with van der Waals surface area (Å²) >= 11 is 0. The van der Waals surface area contributed by atoms with Crippen molar-refractivity contribution in [1.29, 1.82) is 0 Å². The Balaban J connectivity index is 0.00000220. The SMILES string of the molecule is C=CC(=O)NCCCCOc1ccc2ccccc2c1.[NaH].[NaH]. The van der Waals surface area contributed by atoms with E-state index in [1.165, 1.54) is 16.8 Å². The maximum absolute atomic E-state index is 10.9. The molecule has 0 fully saturated rings. The maximum atomic E-state index is 10.9. The number of amides is 1. The van der Waals surface area contributed by atoms with Crippen LogP contribution < -0.4 is 10.1 Å². The summed E-state index contributed by atoms with van der Waals surface area (Å²) in [6, 6.07) is 14.3. The van der Waals surface area contributed by atoms with Crippen LogP contribution in [-0.2, 0) is 4.79 Å². The molecule has 0 aliphatic carbocycles. The Bertz CT molecular complexity index is 602. The van der Waals surface area contributed by atoms with Crippen LogP contribution in [0, 0.1) is 0 Å².